The molecule has 0 aromatic carbocycles. The first-order valence-corrected chi connectivity index (χ1v) is 11.1. The summed E-state index contributed by atoms with van der Waals surface area (Å²) in [5.41, 5.74) is 1.08. The molecule has 10 heteroatoms. The summed E-state index contributed by atoms with van der Waals surface area (Å²) in [6.45, 7) is 3.47. The molecule has 3 aromatic heterocycles. The van der Waals surface area contributed by atoms with E-state index in [0.717, 1.165) is 10.5 Å². The summed E-state index contributed by atoms with van der Waals surface area (Å²) in [5, 5.41) is 0.562. The molecule has 0 N–H and O–H groups in total. The Balaban J connectivity index is 1.84. The molecule has 3 aromatic rings. The summed E-state index contributed by atoms with van der Waals surface area (Å²) in [5.74, 6) is -1.70. The van der Waals surface area contributed by atoms with Crippen LogP contribution in [0.5, 0.6) is 0 Å². The van der Waals surface area contributed by atoms with Crippen molar-refractivity contribution in [3.05, 3.63) is 54.4 Å². The lowest BCUT2D eigenvalue weighted by Crippen LogP contribution is -2.37. The number of halogens is 1. The molecule has 7 nitrogen and oxygen atoms in total. The SMILES string of the molecule is CC(C)N(C)S(=O)(=O)CC(=O)c1cccc(-c2cnc(-c3cncc(F)c3)s2)n1. The third-order valence-corrected chi connectivity index (χ3v) is 7.22. The van der Waals surface area contributed by atoms with Crippen molar-refractivity contribution in [2.24, 2.45) is 0 Å². The van der Waals surface area contributed by atoms with Crippen LogP contribution >= 0.6 is 11.3 Å². The Hall–Kier alpha value is -2.56. The van der Waals surface area contributed by atoms with Gasteiger partial charge >= 0.3 is 0 Å². The first-order valence-electron chi connectivity index (χ1n) is 8.70. The fourth-order valence-electron chi connectivity index (χ4n) is 2.44. The number of hydrogen-bond donors (Lipinski definition) is 0. The molecule has 0 spiro atoms. The van der Waals surface area contributed by atoms with Crippen molar-refractivity contribution in [3.8, 4) is 21.1 Å². The number of sulfonamides is 1. The van der Waals surface area contributed by atoms with Gasteiger partial charge in [-0.15, -0.1) is 11.3 Å². The summed E-state index contributed by atoms with van der Waals surface area (Å²) in [4.78, 5) is 25.6. The minimum atomic E-state index is -3.73. The Morgan fingerprint density at radius 2 is 2.00 bits per heavy atom. The summed E-state index contributed by atoms with van der Waals surface area (Å²) < 4.78 is 39.2. The average molecular weight is 435 g/mol. The van der Waals surface area contributed by atoms with Gasteiger partial charge in [-0.25, -0.2) is 27.1 Å². The molecule has 0 fully saturated rings. The number of ketones is 1. The highest BCUT2D eigenvalue weighted by Gasteiger charge is 2.25. The second kappa shape index (κ2) is 8.44. The lowest BCUT2D eigenvalue weighted by Gasteiger charge is -2.20. The summed E-state index contributed by atoms with van der Waals surface area (Å²) in [7, 11) is -2.29. The van der Waals surface area contributed by atoms with Crippen LogP contribution in [0.1, 0.15) is 24.3 Å². The number of nitrogens with zero attached hydrogens (tertiary/aromatic N) is 4. The third kappa shape index (κ3) is 4.89. The predicted octanol–water partition coefficient (Wildman–Crippen LogP) is 3.26. The van der Waals surface area contributed by atoms with Gasteiger partial charge in [0.05, 0.1) is 16.8 Å². The van der Waals surface area contributed by atoms with Gasteiger partial charge in [-0.3, -0.25) is 9.78 Å². The molecule has 0 amide bonds. The van der Waals surface area contributed by atoms with Gasteiger partial charge in [-0.1, -0.05) is 6.07 Å². The van der Waals surface area contributed by atoms with Gasteiger partial charge in [0.15, 0.2) is 5.78 Å². The summed E-state index contributed by atoms with van der Waals surface area (Å²) in [6.07, 6.45) is 4.19. The number of hydrogen-bond acceptors (Lipinski definition) is 7. The highest BCUT2D eigenvalue weighted by atomic mass is 32.2. The molecule has 3 heterocycles. The lowest BCUT2D eigenvalue weighted by atomic mass is 10.2. The monoisotopic (exact) mass is 434 g/mol. The van der Waals surface area contributed by atoms with Gasteiger partial charge < -0.3 is 0 Å². The second-order valence-corrected chi connectivity index (χ2v) is 9.68. The van der Waals surface area contributed by atoms with Crippen LogP contribution in [0.2, 0.25) is 0 Å². The highest BCUT2D eigenvalue weighted by Crippen LogP contribution is 2.31. The maximum absolute atomic E-state index is 13.4. The van der Waals surface area contributed by atoms with E-state index in [0.29, 0.717) is 21.1 Å². The number of carbonyl (C=O) groups excluding carboxylic acids is 1. The van der Waals surface area contributed by atoms with Crippen LogP contribution < -0.4 is 0 Å². The molecule has 29 heavy (non-hydrogen) atoms. The minimum Gasteiger partial charge on any atom is -0.291 e. The molecule has 3 rings (SSSR count). The number of aromatic nitrogens is 3. The normalized spacial score (nSPS) is 11.9. The zero-order chi connectivity index (χ0) is 21.2. The zero-order valence-corrected chi connectivity index (χ0v) is 17.7. The van der Waals surface area contributed by atoms with E-state index in [1.807, 2.05) is 0 Å². The molecular formula is C19H19FN4O3S2. The number of carbonyl (C=O) groups is 1. The van der Waals surface area contributed by atoms with Crippen LogP contribution in [-0.4, -0.2) is 52.3 Å². The Kier molecular flexibility index (Phi) is 6.15. The molecule has 0 atom stereocenters. The van der Waals surface area contributed by atoms with Gasteiger partial charge in [-0.2, -0.15) is 0 Å². The van der Waals surface area contributed by atoms with E-state index in [-0.39, 0.29) is 11.7 Å². The number of Topliss-reactive ketones (excluding diaryl/α,β-unsaturated/α-hetero) is 1. The van der Waals surface area contributed by atoms with Crippen molar-refractivity contribution in [1.82, 2.24) is 19.3 Å². The number of thiazole rings is 1. The number of rotatable bonds is 7. The fourth-order valence-corrected chi connectivity index (χ4v) is 4.64. The first-order chi connectivity index (χ1) is 13.7. The van der Waals surface area contributed by atoms with Gasteiger partial charge in [0, 0.05) is 31.0 Å². The molecule has 0 aliphatic carbocycles. The van der Waals surface area contributed by atoms with Gasteiger partial charge in [0.2, 0.25) is 10.0 Å². The van der Waals surface area contributed by atoms with Crippen molar-refractivity contribution >= 4 is 27.1 Å². The van der Waals surface area contributed by atoms with Crippen molar-refractivity contribution in [2.75, 3.05) is 12.8 Å². The van der Waals surface area contributed by atoms with Crippen LogP contribution in [0.3, 0.4) is 0 Å². The van der Waals surface area contributed by atoms with Gasteiger partial charge in [0.25, 0.3) is 0 Å². The highest BCUT2D eigenvalue weighted by molar-refractivity contribution is 7.89. The lowest BCUT2D eigenvalue weighted by molar-refractivity contribution is 0.101. The van der Waals surface area contributed by atoms with Crippen LogP contribution in [0.4, 0.5) is 4.39 Å². The minimum absolute atomic E-state index is 0.0607. The Bertz CT molecular complexity index is 1150. The molecule has 0 aliphatic rings. The van der Waals surface area contributed by atoms with E-state index in [1.54, 1.807) is 32.2 Å². The standard InChI is InChI=1S/C19H19FN4O3S2/c1-12(2)24(3)29(26,27)11-17(25)15-5-4-6-16(23-15)18-10-22-19(28-18)13-7-14(20)9-21-8-13/h4-10,12H,11H2,1-3H3. The molecule has 0 radical (unpaired) electrons. The molecule has 0 saturated heterocycles. The average Bonchev–Trinajstić information content (AvgIpc) is 3.17. The van der Waals surface area contributed by atoms with Crippen LogP contribution in [0.25, 0.3) is 21.1 Å². The first kappa shape index (κ1) is 21.2. The van der Waals surface area contributed by atoms with Crippen molar-refractivity contribution in [1.29, 1.82) is 0 Å². The Labute approximate surface area is 172 Å². The van der Waals surface area contributed by atoms with E-state index in [2.05, 4.69) is 15.0 Å². The van der Waals surface area contributed by atoms with E-state index in [1.165, 1.54) is 36.7 Å². The van der Waals surface area contributed by atoms with Crippen molar-refractivity contribution in [2.45, 2.75) is 19.9 Å². The fraction of sp³-hybridized carbons (Fsp3) is 0.263. The van der Waals surface area contributed by atoms with E-state index >= 15 is 0 Å². The molecule has 0 bridgehead atoms. The number of pyridine rings is 2. The largest absolute Gasteiger partial charge is 0.291 e. The maximum atomic E-state index is 13.4. The molecule has 0 unspecified atom stereocenters. The van der Waals surface area contributed by atoms with E-state index < -0.39 is 27.4 Å². The maximum Gasteiger partial charge on any atom is 0.221 e. The second-order valence-electron chi connectivity index (χ2n) is 6.62. The van der Waals surface area contributed by atoms with Crippen LogP contribution in [0.15, 0.2) is 42.9 Å². The van der Waals surface area contributed by atoms with E-state index in [4.69, 9.17) is 0 Å². The van der Waals surface area contributed by atoms with Crippen LogP contribution in [-0.2, 0) is 10.0 Å². The van der Waals surface area contributed by atoms with Crippen LogP contribution in [0, 0.1) is 5.82 Å². The Morgan fingerprint density at radius 3 is 2.69 bits per heavy atom. The van der Waals surface area contributed by atoms with Gasteiger partial charge in [-0.05, 0) is 32.0 Å². The third-order valence-electron chi connectivity index (χ3n) is 4.22. The van der Waals surface area contributed by atoms with Crippen molar-refractivity contribution < 1.29 is 17.6 Å². The van der Waals surface area contributed by atoms with Crippen molar-refractivity contribution in [3.63, 3.8) is 0 Å². The Morgan fingerprint density at radius 1 is 1.24 bits per heavy atom. The smallest absolute Gasteiger partial charge is 0.221 e. The summed E-state index contributed by atoms with van der Waals surface area (Å²) >= 11 is 1.27. The predicted molar refractivity (Wildman–Crippen MR) is 110 cm³/mol. The van der Waals surface area contributed by atoms with Gasteiger partial charge in [0.1, 0.15) is 22.3 Å². The molecule has 0 aliphatic heterocycles. The summed E-state index contributed by atoms with van der Waals surface area (Å²) in [6, 6.07) is 5.90. The molecular weight excluding hydrogens is 415 g/mol. The molecule has 0 saturated carbocycles. The topological polar surface area (TPSA) is 93.1 Å². The van der Waals surface area contributed by atoms with E-state index in [9.17, 15) is 17.6 Å². The molecule has 152 valence electrons. The quantitative estimate of drug-likeness (QED) is 0.530. The zero-order valence-electron chi connectivity index (χ0n) is 16.0.